The maximum atomic E-state index is 10.5. The molecule has 2 nitrogen and oxygen atoms in total. The van der Waals surface area contributed by atoms with Crippen LogP contribution in [0.25, 0.3) is 0 Å². The summed E-state index contributed by atoms with van der Waals surface area (Å²) >= 11 is 0. The van der Waals surface area contributed by atoms with E-state index < -0.39 is 0 Å². The summed E-state index contributed by atoms with van der Waals surface area (Å²) in [5, 5.41) is 10.5. The van der Waals surface area contributed by atoms with Crippen LogP contribution in [0.15, 0.2) is 24.3 Å². The van der Waals surface area contributed by atoms with Crippen LogP contribution >= 0.6 is 0 Å². The summed E-state index contributed by atoms with van der Waals surface area (Å²) in [5.41, 5.74) is 2.82. The minimum absolute atomic E-state index is 0.152. The van der Waals surface area contributed by atoms with Gasteiger partial charge in [0.05, 0.1) is 12.1 Å². The highest BCUT2D eigenvalue weighted by atomic mass is 16.3. The van der Waals surface area contributed by atoms with Gasteiger partial charge in [-0.25, -0.2) is 0 Å². The molecule has 104 valence electrons. The summed E-state index contributed by atoms with van der Waals surface area (Å²) in [6.07, 6.45) is 6.85. The van der Waals surface area contributed by atoms with Crippen molar-refractivity contribution >= 4 is 5.69 Å². The molecule has 0 spiro atoms. The van der Waals surface area contributed by atoms with Gasteiger partial charge < -0.3 is 10.0 Å². The van der Waals surface area contributed by atoms with Gasteiger partial charge in [-0.05, 0) is 36.8 Å². The number of rotatable bonds is 1. The van der Waals surface area contributed by atoms with Gasteiger partial charge in [0.1, 0.15) is 0 Å². The lowest BCUT2D eigenvalue weighted by atomic mass is 9.91. The van der Waals surface area contributed by atoms with E-state index in [2.05, 4.69) is 36.1 Å². The van der Waals surface area contributed by atoms with Crippen LogP contribution in [-0.2, 0) is 6.42 Å². The van der Waals surface area contributed by atoms with E-state index in [1.54, 1.807) is 0 Å². The fraction of sp³-hybridized carbons (Fsp3) is 0.647. The quantitative estimate of drug-likeness (QED) is 0.782. The molecule has 3 atom stereocenters. The number of aliphatic hydroxyl groups excluding tert-OH is 1. The Labute approximate surface area is 116 Å². The minimum atomic E-state index is -0.152. The summed E-state index contributed by atoms with van der Waals surface area (Å²) in [5.74, 6) is 0.686. The molecule has 1 heterocycles. The third-order valence-corrected chi connectivity index (χ3v) is 4.72. The van der Waals surface area contributed by atoms with Crippen molar-refractivity contribution in [1.82, 2.24) is 0 Å². The van der Waals surface area contributed by atoms with Crippen LogP contribution < -0.4 is 4.90 Å². The number of hydrogen-bond acceptors (Lipinski definition) is 2. The molecule has 1 aromatic carbocycles. The Balaban J connectivity index is 1.91. The summed E-state index contributed by atoms with van der Waals surface area (Å²) in [6, 6.07) is 9.08. The highest BCUT2D eigenvalue weighted by molar-refractivity contribution is 5.56. The van der Waals surface area contributed by atoms with E-state index in [1.165, 1.54) is 36.9 Å². The Hall–Kier alpha value is -1.02. The molecule has 3 unspecified atom stereocenters. The van der Waals surface area contributed by atoms with Crippen molar-refractivity contribution in [3.63, 3.8) is 0 Å². The maximum Gasteiger partial charge on any atom is 0.0743 e. The molecule has 1 aliphatic heterocycles. The number of anilines is 1. The maximum absolute atomic E-state index is 10.5. The average Bonchev–Trinajstić information content (AvgIpc) is 2.62. The second-order valence-electron chi connectivity index (χ2n) is 6.36. The molecule has 3 rings (SSSR count). The number of aliphatic hydroxyl groups is 1. The van der Waals surface area contributed by atoms with Crippen LogP contribution in [0.5, 0.6) is 0 Å². The zero-order valence-electron chi connectivity index (χ0n) is 11.9. The third-order valence-electron chi connectivity index (χ3n) is 4.72. The van der Waals surface area contributed by atoms with Crippen LogP contribution in [0.2, 0.25) is 0 Å². The molecule has 19 heavy (non-hydrogen) atoms. The molecule has 1 saturated carbocycles. The third kappa shape index (κ3) is 2.64. The molecule has 2 heteroatoms. The van der Waals surface area contributed by atoms with E-state index in [9.17, 15) is 5.11 Å². The van der Waals surface area contributed by atoms with Gasteiger partial charge in [0, 0.05) is 12.2 Å². The molecule has 1 fully saturated rings. The molecule has 2 aliphatic rings. The fourth-order valence-electron chi connectivity index (χ4n) is 3.78. The van der Waals surface area contributed by atoms with Gasteiger partial charge in [-0.2, -0.15) is 0 Å². The van der Waals surface area contributed by atoms with Crippen LogP contribution in [0.1, 0.15) is 44.6 Å². The second-order valence-corrected chi connectivity index (χ2v) is 6.36. The first-order valence-electron chi connectivity index (χ1n) is 7.78. The molecule has 0 aromatic heterocycles. The molecule has 0 saturated heterocycles. The van der Waals surface area contributed by atoms with Crippen molar-refractivity contribution < 1.29 is 5.11 Å². The first-order valence-corrected chi connectivity index (χ1v) is 7.78. The van der Waals surface area contributed by atoms with Crippen LogP contribution in [-0.4, -0.2) is 23.8 Å². The summed E-state index contributed by atoms with van der Waals surface area (Å²) < 4.78 is 0. The van der Waals surface area contributed by atoms with E-state index in [4.69, 9.17) is 0 Å². The summed E-state index contributed by atoms with van der Waals surface area (Å²) in [6.45, 7) is 3.42. The van der Waals surface area contributed by atoms with E-state index in [1.807, 2.05) is 0 Å². The number of para-hydroxylation sites is 1. The number of fused-ring (bicyclic) bond motifs is 1. The topological polar surface area (TPSA) is 23.5 Å². The van der Waals surface area contributed by atoms with Gasteiger partial charge in [0.25, 0.3) is 0 Å². The predicted octanol–water partition coefficient (Wildman–Crippen LogP) is 3.38. The zero-order chi connectivity index (χ0) is 13.2. The Bertz CT molecular complexity index is 431. The van der Waals surface area contributed by atoms with Gasteiger partial charge in [-0.1, -0.05) is 44.4 Å². The normalized spacial score (nSPS) is 31.7. The standard InChI is InChI=1S/C17H25NO/c1-13-11-14-7-5-6-8-15(14)18(12-13)16-9-3-2-4-10-17(16)19/h5-8,13,16-17,19H,2-4,9-12H2,1H3. The lowest BCUT2D eigenvalue weighted by Gasteiger charge is -2.42. The van der Waals surface area contributed by atoms with Crippen molar-refractivity contribution in [1.29, 1.82) is 0 Å². The lowest BCUT2D eigenvalue weighted by molar-refractivity contribution is 0.130. The highest BCUT2D eigenvalue weighted by Crippen LogP contribution is 2.34. The van der Waals surface area contributed by atoms with Crippen molar-refractivity contribution in [3.8, 4) is 0 Å². The molecule has 0 bridgehead atoms. The Morgan fingerprint density at radius 2 is 1.89 bits per heavy atom. The predicted molar refractivity (Wildman–Crippen MR) is 79.5 cm³/mol. The highest BCUT2D eigenvalue weighted by Gasteiger charge is 2.32. The van der Waals surface area contributed by atoms with Crippen LogP contribution in [0, 0.1) is 5.92 Å². The Morgan fingerprint density at radius 1 is 1.11 bits per heavy atom. The smallest absolute Gasteiger partial charge is 0.0743 e. The summed E-state index contributed by atoms with van der Waals surface area (Å²) in [4.78, 5) is 2.50. The molecular formula is C17H25NO. The van der Waals surface area contributed by atoms with E-state index >= 15 is 0 Å². The van der Waals surface area contributed by atoms with Gasteiger partial charge >= 0.3 is 0 Å². The van der Waals surface area contributed by atoms with Crippen molar-refractivity contribution in [2.75, 3.05) is 11.4 Å². The van der Waals surface area contributed by atoms with E-state index in [0.717, 1.165) is 19.4 Å². The number of benzene rings is 1. The van der Waals surface area contributed by atoms with Crippen molar-refractivity contribution in [2.24, 2.45) is 5.92 Å². The summed E-state index contributed by atoms with van der Waals surface area (Å²) in [7, 11) is 0. The first kappa shape index (κ1) is 13.0. The SMILES string of the molecule is CC1Cc2ccccc2N(C2CCCCCC2O)C1. The largest absolute Gasteiger partial charge is 0.391 e. The first-order chi connectivity index (χ1) is 9.25. The van der Waals surface area contributed by atoms with Gasteiger partial charge in [-0.15, -0.1) is 0 Å². The van der Waals surface area contributed by atoms with Gasteiger partial charge in [0.2, 0.25) is 0 Å². The minimum Gasteiger partial charge on any atom is -0.391 e. The average molecular weight is 259 g/mol. The Morgan fingerprint density at radius 3 is 2.79 bits per heavy atom. The molecule has 1 aliphatic carbocycles. The Kier molecular flexibility index (Phi) is 3.79. The molecule has 0 radical (unpaired) electrons. The molecular weight excluding hydrogens is 234 g/mol. The monoisotopic (exact) mass is 259 g/mol. The fourth-order valence-corrected chi connectivity index (χ4v) is 3.78. The molecule has 0 amide bonds. The van der Waals surface area contributed by atoms with Gasteiger partial charge in [0.15, 0.2) is 0 Å². The second kappa shape index (κ2) is 5.54. The lowest BCUT2D eigenvalue weighted by Crippen LogP contribution is -2.47. The molecule has 1 N–H and O–H groups in total. The number of nitrogens with zero attached hydrogens (tertiary/aromatic N) is 1. The van der Waals surface area contributed by atoms with Crippen molar-refractivity contribution in [3.05, 3.63) is 29.8 Å². The number of hydrogen-bond donors (Lipinski definition) is 1. The van der Waals surface area contributed by atoms with Gasteiger partial charge in [-0.3, -0.25) is 0 Å². The van der Waals surface area contributed by atoms with Crippen LogP contribution in [0.3, 0.4) is 0 Å². The van der Waals surface area contributed by atoms with Crippen molar-refractivity contribution in [2.45, 2.75) is 57.6 Å². The zero-order valence-corrected chi connectivity index (χ0v) is 11.9. The van der Waals surface area contributed by atoms with E-state index in [0.29, 0.717) is 12.0 Å². The molecule has 1 aromatic rings. The van der Waals surface area contributed by atoms with Crippen LogP contribution in [0.4, 0.5) is 5.69 Å². The van der Waals surface area contributed by atoms with E-state index in [-0.39, 0.29) is 6.10 Å².